The number of halogens is 1. The fourth-order valence-corrected chi connectivity index (χ4v) is 4.14. The van der Waals surface area contributed by atoms with Crippen LogP contribution in [0.2, 0.25) is 5.02 Å². The molecule has 1 saturated heterocycles. The molecule has 3 rings (SSSR count). The zero-order valence-electron chi connectivity index (χ0n) is 17.1. The van der Waals surface area contributed by atoms with Crippen LogP contribution in [-0.4, -0.2) is 53.1 Å². The first-order valence-electron chi connectivity index (χ1n) is 10.1. The predicted molar refractivity (Wildman–Crippen MR) is 112 cm³/mol. The van der Waals surface area contributed by atoms with Crippen LogP contribution in [0.5, 0.6) is 0 Å². The van der Waals surface area contributed by atoms with Gasteiger partial charge in [0.05, 0.1) is 11.8 Å². The summed E-state index contributed by atoms with van der Waals surface area (Å²) >= 11 is 5.93. The standard InChI is InChI=1S/C22H26ClN3O4/c1-14(20(28)24-2)26(13-15-7-9-16(23)10-8-15)19(27)11-12-25-21(29)17-5-3-4-6-18(17)22(25)30/h3-4,7-10,14,17-18H,5-6,11-13H2,1-2H3,(H,24,28)/t14?,17-,18+. The molecule has 1 aliphatic heterocycles. The second-order valence-electron chi connectivity index (χ2n) is 7.67. The largest absolute Gasteiger partial charge is 0.357 e. The van der Waals surface area contributed by atoms with E-state index in [-0.39, 0.29) is 55.0 Å². The number of imide groups is 1. The Hall–Kier alpha value is -2.67. The molecule has 1 aliphatic carbocycles. The van der Waals surface area contributed by atoms with E-state index in [1.54, 1.807) is 31.2 Å². The Balaban J connectivity index is 1.69. The fourth-order valence-electron chi connectivity index (χ4n) is 4.02. The first-order chi connectivity index (χ1) is 14.3. The Kier molecular flexibility index (Phi) is 6.92. The van der Waals surface area contributed by atoms with Gasteiger partial charge in [0.25, 0.3) is 0 Å². The molecular formula is C22H26ClN3O4. The van der Waals surface area contributed by atoms with Crippen molar-refractivity contribution in [1.29, 1.82) is 0 Å². The van der Waals surface area contributed by atoms with Gasteiger partial charge in [0.1, 0.15) is 6.04 Å². The third-order valence-electron chi connectivity index (χ3n) is 5.83. The highest BCUT2D eigenvalue weighted by molar-refractivity contribution is 6.30. The van der Waals surface area contributed by atoms with Gasteiger partial charge in [-0.3, -0.25) is 24.1 Å². The van der Waals surface area contributed by atoms with E-state index >= 15 is 0 Å². The third-order valence-corrected chi connectivity index (χ3v) is 6.08. The lowest BCUT2D eigenvalue weighted by Gasteiger charge is -2.29. The minimum atomic E-state index is -0.699. The molecular weight excluding hydrogens is 406 g/mol. The van der Waals surface area contributed by atoms with Crippen molar-refractivity contribution in [3.8, 4) is 0 Å². The number of carbonyl (C=O) groups excluding carboxylic acids is 4. The molecule has 3 atom stereocenters. The molecule has 30 heavy (non-hydrogen) atoms. The van der Waals surface area contributed by atoms with Gasteiger partial charge >= 0.3 is 0 Å². The summed E-state index contributed by atoms with van der Waals surface area (Å²) in [6.45, 7) is 1.90. The second kappa shape index (κ2) is 9.43. The van der Waals surface area contributed by atoms with E-state index in [0.717, 1.165) is 5.56 Å². The van der Waals surface area contributed by atoms with E-state index < -0.39 is 6.04 Å². The number of amides is 4. The van der Waals surface area contributed by atoms with Crippen molar-refractivity contribution >= 4 is 35.2 Å². The number of benzene rings is 1. The van der Waals surface area contributed by atoms with E-state index in [1.807, 2.05) is 12.2 Å². The Bertz CT molecular complexity index is 842. The van der Waals surface area contributed by atoms with Gasteiger partial charge in [-0.15, -0.1) is 0 Å². The van der Waals surface area contributed by atoms with Crippen LogP contribution in [0, 0.1) is 11.8 Å². The van der Waals surface area contributed by atoms with Crippen molar-refractivity contribution in [1.82, 2.24) is 15.1 Å². The van der Waals surface area contributed by atoms with Gasteiger partial charge in [0, 0.05) is 31.6 Å². The highest BCUT2D eigenvalue weighted by Crippen LogP contribution is 2.35. The Labute approximate surface area is 181 Å². The third kappa shape index (κ3) is 4.56. The van der Waals surface area contributed by atoms with Crippen LogP contribution in [-0.2, 0) is 25.7 Å². The molecule has 1 aromatic rings. The average molecular weight is 432 g/mol. The quantitative estimate of drug-likeness (QED) is 0.529. The molecule has 0 aromatic heterocycles. The lowest BCUT2D eigenvalue weighted by atomic mass is 9.85. The van der Waals surface area contributed by atoms with Crippen molar-refractivity contribution in [2.75, 3.05) is 13.6 Å². The number of hydrogen-bond acceptors (Lipinski definition) is 4. The van der Waals surface area contributed by atoms with Crippen LogP contribution in [0.4, 0.5) is 0 Å². The minimum absolute atomic E-state index is 0.0285. The van der Waals surface area contributed by atoms with Crippen LogP contribution < -0.4 is 5.32 Å². The molecule has 0 bridgehead atoms. The molecule has 1 heterocycles. The van der Waals surface area contributed by atoms with Crippen LogP contribution in [0.3, 0.4) is 0 Å². The first kappa shape index (κ1) is 22.0. The number of carbonyl (C=O) groups is 4. The summed E-state index contributed by atoms with van der Waals surface area (Å²) < 4.78 is 0. The Morgan fingerprint density at radius 3 is 2.23 bits per heavy atom. The van der Waals surface area contributed by atoms with E-state index in [4.69, 9.17) is 11.6 Å². The number of likely N-dealkylation sites (tertiary alicyclic amines) is 1. The van der Waals surface area contributed by atoms with Crippen LogP contribution in [0.25, 0.3) is 0 Å². The lowest BCUT2D eigenvalue weighted by molar-refractivity contribution is -0.143. The van der Waals surface area contributed by atoms with Gasteiger partial charge in [0.15, 0.2) is 0 Å². The molecule has 4 amide bonds. The average Bonchev–Trinajstić information content (AvgIpc) is 3.00. The first-order valence-corrected chi connectivity index (χ1v) is 10.5. The van der Waals surface area contributed by atoms with Gasteiger partial charge in [-0.25, -0.2) is 0 Å². The predicted octanol–water partition coefficient (Wildman–Crippen LogP) is 2.14. The molecule has 1 aromatic carbocycles. The highest BCUT2D eigenvalue weighted by atomic mass is 35.5. The topological polar surface area (TPSA) is 86.8 Å². The molecule has 0 saturated carbocycles. The normalized spacial score (nSPS) is 21.4. The van der Waals surface area contributed by atoms with E-state index in [1.165, 1.54) is 16.8 Å². The summed E-state index contributed by atoms with van der Waals surface area (Å²) in [7, 11) is 1.52. The summed E-state index contributed by atoms with van der Waals surface area (Å²) in [5.74, 6) is -1.62. The van der Waals surface area contributed by atoms with Crippen molar-refractivity contribution < 1.29 is 19.2 Å². The molecule has 0 radical (unpaired) electrons. The summed E-state index contributed by atoms with van der Waals surface area (Å²) in [6.07, 6.45) is 4.96. The Morgan fingerprint density at radius 2 is 1.70 bits per heavy atom. The van der Waals surface area contributed by atoms with Gasteiger partial charge < -0.3 is 10.2 Å². The minimum Gasteiger partial charge on any atom is -0.357 e. The summed E-state index contributed by atoms with van der Waals surface area (Å²) in [6, 6.07) is 6.34. The van der Waals surface area contributed by atoms with E-state index in [2.05, 4.69) is 5.32 Å². The molecule has 1 N–H and O–H groups in total. The van der Waals surface area contributed by atoms with Crippen molar-refractivity contribution in [3.63, 3.8) is 0 Å². The molecule has 8 heteroatoms. The van der Waals surface area contributed by atoms with Crippen LogP contribution in [0.15, 0.2) is 36.4 Å². The Morgan fingerprint density at radius 1 is 1.13 bits per heavy atom. The van der Waals surface area contributed by atoms with Gasteiger partial charge in [-0.05, 0) is 37.5 Å². The van der Waals surface area contributed by atoms with Gasteiger partial charge in [-0.2, -0.15) is 0 Å². The molecule has 160 valence electrons. The van der Waals surface area contributed by atoms with E-state index in [9.17, 15) is 19.2 Å². The maximum Gasteiger partial charge on any atom is 0.242 e. The molecule has 1 unspecified atom stereocenters. The van der Waals surface area contributed by atoms with Gasteiger partial charge in [-0.1, -0.05) is 35.9 Å². The lowest BCUT2D eigenvalue weighted by Crippen LogP contribution is -2.47. The summed E-state index contributed by atoms with van der Waals surface area (Å²) in [4.78, 5) is 53.1. The maximum atomic E-state index is 13.0. The molecule has 0 spiro atoms. The van der Waals surface area contributed by atoms with Crippen LogP contribution in [0.1, 0.15) is 31.7 Å². The van der Waals surface area contributed by atoms with Gasteiger partial charge in [0.2, 0.25) is 23.6 Å². The number of likely N-dealkylation sites (N-methyl/N-ethyl adjacent to an activating group) is 1. The van der Waals surface area contributed by atoms with Crippen LogP contribution >= 0.6 is 11.6 Å². The smallest absolute Gasteiger partial charge is 0.242 e. The number of nitrogens with one attached hydrogen (secondary N) is 1. The number of fused-ring (bicyclic) bond motifs is 1. The zero-order valence-corrected chi connectivity index (χ0v) is 17.9. The number of rotatable bonds is 7. The second-order valence-corrected chi connectivity index (χ2v) is 8.11. The highest BCUT2D eigenvalue weighted by Gasteiger charge is 2.47. The maximum absolute atomic E-state index is 13.0. The number of nitrogens with zero attached hydrogens (tertiary/aromatic N) is 2. The molecule has 1 fully saturated rings. The summed E-state index contributed by atoms with van der Waals surface area (Å²) in [5.41, 5.74) is 0.828. The SMILES string of the molecule is CNC(=O)C(C)N(Cc1ccc(Cl)cc1)C(=O)CCN1C(=O)[C@H]2CC=CC[C@H]2C1=O. The van der Waals surface area contributed by atoms with Crippen molar-refractivity contribution in [2.24, 2.45) is 11.8 Å². The zero-order chi connectivity index (χ0) is 21.8. The summed E-state index contributed by atoms with van der Waals surface area (Å²) in [5, 5.41) is 3.14. The number of allylic oxidation sites excluding steroid dienone is 2. The number of hydrogen-bond donors (Lipinski definition) is 1. The van der Waals surface area contributed by atoms with Crippen molar-refractivity contribution in [2.45, 2.75) is 38.8 Å². The monoisotopic (exact) mass is 431 g/mol. The fraction of sp³-hybridized carbons (Fsp3) is 0.455. The molecule has 7 nitrogen and oxygen atoms in total. The van der Waals surface area contributed by atoms with E-state index in [0.29, 0.717) is 17.9 Å². The van der Waals surface area contributed by atoms with Crippen molar-refractivity contribution in [3.05, 3.63) is 47.0 Å². The molecule has 2 aliphatic rings.